The molecule has 6 nitrogen and oxygen atoms in total. The first-order valence-corrected chi connectivity index (χ1v) is 7.17. The summed E-state index contributed by atoms with van der Waals surface area (Å²) in [6.45, 7) is 11.5. The van der Waals surface area contributed by atoms with E-state index in [0.29, 0.717) is 18.2 Å². The van der Waals surface area contributed by atoms with Gasteiger partial charge in [-0.1, -0.05) is 13.8 Å². The molecular weight excluding hydrogens is 256 g/mol. The molecule has 0 aliphatic rings. The van der Waals surface area contributed by atoms with Crippen LogP contribution in [-0.2, 0) is 6.54 Å². The summed E-state index contributed by atoms with van der Waals surface area (Å²) in [6.07, 6.45) is 0. The van der Waals surface area contributed by atoms with Gasteiger partial charge >= 0.3 is 0 Å². The van der Waals surface area contributed by atoms with Crippen molar-refractivity contribution in [2.75, 3.05) is 39.8 Å². The van der Waals surface area contributed by atoms with Crippen molar-refractivity contribution < 1.29 is 4.74 Å². The topological polar surface area (TPSA) is 59.4 Å². The maximum Gasteiger partial charge on any atom is 0.299 e. The van der Waals surface area contributed by atoms with Crippen LogP contribution in [-0.4, -0.2) is 54.3 Å². The Kier molecular flexibility index (Phi) is 7.25. The Morgan fingerprint density at radius 3 is 2.65 bits per heavy atom. The maximum absolute atomic E-state index is 11.9. The number of hydrogen-bond donors (Lipinski definition) is 1. The van der Waals surface area contributed by atoms with E-state index in [9.17, 15) is 4.79 Å². The van der Waals surface area contributed by atoms with Crippen LogP contribution in [0.1, 0.15) is 19.5 Å². The molecule has 0 aliphatic carbocycles. The third-order valence-electron chi connectivity index (χ3n) is 3.30. The summed E-state index contributed by atoms with van der Waals surface area (Å²) in [5.41, 5.74) is 0.609. The predicted molar refractivity (Wildman–Crippen MR) is 80.4 cm³/mol. The molecule has 0 radical (unpaired) electrons. The minimum absolute atomic E-state index is 0.0695. The van der Waals surface area contributed by atoms with Gasteiger partial charge in [-0.2, -0.15) is 0 Å². The minimum Gasteiger partial charge on any atom is -0.468 e. The van der Waals surface area contributed by atoms with Gasteiger partial charge in [-0.25, -0.2) is 4.98 Å². The molecular formula is C14H26N4O2. The van der Waals surface area contributed by atoms with Crippen molar-refractivity contribution in [3.05, 3.63) is 22.1 Å². The number of likely N-dealkylation sites (N-methyl/N-ethyl adjacent to an activating group) is 1. The lowest BCUT2D eigenvalue weighted by atomic mass is 10.4. The fourth-order valence-corrected chi connectivity index (χ4v) is 2.05. The zero-order chi connectivity index (χ0) is 15.0. The van der Waals surface area contributed by atoms with E-state index < -0.39 is 0 Å². The quantitative estimate of drug-likeness (QED) is 0.668. The van der Waals surface area contributed by atoms with E-state index >= 15 is 0 Å². The number of nitrogens with one attached hydrogen (secondary N) is 1. The molecule has 0 aliphatic heterocycles. The summed E-state index contributed by atoms with van der Waals surface area (Å²) in [5.74, 6) is 0. The summed E-state index contributed by atoms with van der Waals surface area (Å²) in [5, 5.41) is 3.34. The fourth-order valence-electron chi connectivity index (χ4n) is 2.05. The number of rotatable bonds is 9. The van der Waals surface area contributed by atoms with Gasteiger partial charge in [-0.15, -0.1) is 0 Å². The maximum atomic E-state index is 11.9. The number of nitrogens with zero attached hydrogens (tertiary/aromatic N) is 3. The lowest BCUT2D eigenvalue weighted by Crippen LogP contribution is -2.34. The molecule has 6 heteroatoms. The van der Waals surface area contributed by atoms with Crippen molar-refractivity contribution in [3.63, 3.8) is 0 Å². The summed E-state index contributed by atoms with van der Waals surface area (Å²) < 4.78 is 6.71. The van der Waals surface area contributed by atoms with Gasteiger partial charge in [0, 0.05) is 37.9 Å². The highest BCUT2D eigenvalue weighted by Gasteiger charge is 2.06. The molecule has 1 aromatic rings. The Morgan fingerprint density at radius 2 is 2.05 bits per heavy atom. The van der Waals surface area contributed by atoms with E-state index in [1.165, 1.54) is 13.2 Å². The Hall–Kier alpha value is -1.40. The van der Waals surface area contributed by atoms with Crippen molar-refractivity contribution in [3.8, 4) is 6.01 Å². The van der Waals surface area contributed by atoms with E-state index in [1.807, 2.05) is 0 Å². The smallest absolute Gasteiger partial charge is 0.299 e. The second-order valence-electron chi connectivity index (χ2n) is 4.65. The van der Waals surface area contributed by atoms with Crippen LogP contribution in [0.15, 0.2) is 10.9 Å². The average molecular weight is 282 g/mol. The van der Waals surface area contributed by atoms with Crippen molar-refractivity contribution >= 4 is 0 Å². The van der Waals surface area contributed by atoms with Gasteiger partial charge in [0.05, 0.1) is 7.11 Å². The van der Waals surface area contributed by atoms with Crippen molar-refractivity contribution in [1.29, 1.82) is 0 Å². The third kappa shape index (κ3) is 4.94. The van der Waals surface area contributed by atoms with Crippen LogP contribution in [0.25, 0.3) is 0 Å². The molecule has 20 heavy (non-hydrogen) atoms. The summed E-state index contributed by atoms with van der Waals surface area (Å²) in [4.78, 5) is 18.5. The van der Waals surface area contributed by atoms with Crippen molar-refractivity contribution in [2.24, 2.45) is 0 Å². The van der Waals surface area contributed by atoms with Crippen LogP contribution in [0.5, 0.6) is 6.01 Å². The monoisotopic (exact) mass is 282 g/mol. The first-order chi connectivity index (χ1) is 9.62. The van der Waals surface area contributed by atoms with E-state index in [1.54, 1.807) is 11.5 Å². The number of aryl methyl sites for hydroxylation is 1. The zero-order valence-electron chi connectivity index (χ0n) is 13.0. The highest BCUT2D eigenvalue weighted by atomic mass is 16.5. The summed E-state index contributed by atoms with van der Waals surface area (Å²) >= 11 is 0. The van der Waals surface area contributed by atoms with Crippen molar-refractivity contribution in [2.45, 2.75) is 27.3 Å². The van der Waals surface area contributed by atoms with Crippen LogP contribution < -0.4 is 15.6 Å². The van der Waals surface area contributed by atoms with Crippen molar-refractivity contribution in [1.82, 2.24) is 19.8 Å². The van der Waals surface area contributed by atoms with Gasteiger partial charge in [0.25, 0.3) is 11.6 Å². The van der Waals surface area contributed by atoms with Gasteiger partial charge < -0.3 is 15.0 Å². The summed E-state index contributed by atoms with van der Waals surface area (Å²) in [6, 6.07) is 1.90. The van der Waals surface area contributed by atoms with Gasteiger partial charge in [0.2, 0.25) is 0 Å². The van der Waals surface area contributed by atoms with Crippen LogP contribution >= 0.6 is 0 Å². The number of ether oxygens (including phenoxy) is 1. The standard InChI is InChI=1S/C14H26N4O2/c1-5-17(6-2)9-7-15-8-10-18-13(19)11-12(3)16-14(18)20-4/h11,15H,5-10H2,1-4H3. The lowest BCUT2D eigenvalue weighted by Gasteiger charge is -2.18. The predicted octanol–water partition coefficient (Wildman–Crippen LogP) is 0.492. The molecule has 1 rings (SSSR count). The first kappa shape index (κ1) is 16.7. The normalized spacial score (nSPS) is 11.1. The molecule has 0 unspecified atom stereocenters. The zero-order valence-corrected chi connectivity index (χ0v) is 13.0. The molecule has 0 saturated heterocycles. The van der Waals surface area contributed by atoms with Gasteiger partial charge in [-0.3, -0.25) is 9.36 Å². The van der Waals surface area contributed by atoms with Gasteiger partial charge in [0.15, 0.2) is 0 Å². The van der Waals surface area contributed by atoms with Crippen LogP contribution in [0.3, 0.4) is 0 Å². The lowest BCUT2D eigenvalue weighted by molar-refractivity contribution is 0.300. The number of methoxy groups -OCH3 is 1. The average Bonchev–Trinajstić information content (AvgIpc) is 2.44. The number of hydrogen-bond acceptors (Lipinski definition) is 5. The molecule has 0 fully saturated rings. The Bertz CT molecular complexity index is 455. The van der Waals surface area contributed by atoms with E-state index in [0.717, 1.165) is 32.7 Å². The molecule has 1 aromatic heterocycles. The second kappa shape index (κ2) is 8.71. The summed E-state index contributed by atoms with van der Waals surface area (Å²) in [7, 11) is 1.53. The van der Waals surface area contributed by atoms with Crippen LogP contribution in [0.2, 0.25) is 0 Å². The molecule has 0 spiro atoms. The molecule has 0 aromatic carbocycles. The Morgan fingerprint density at radius 1 is 1.35 bits per heavy atom. The fraction of sp³-hybridized carbons (Fsp3) is 0.714. The highest BCUT2D eigenvalue weighted by Crippen LogP contribution is 2.03. The molecule has 0 amide bonds. The highest BCUT2D eigenvalue weighted by molar-refractivity contribution is 5.06. The van der Waals surface area contributed by atoms with Gasteiger partial charge in [0.1, 0.15) is 0 Å². The van der Waals surface area contributed by atoms with Gasteiger partial charge in [-0.05, 0) is 20.0 Å². The Labute approximate surface area is 120 Å². The molecule has 1 heterocycles. The van der Waals surface area contributed by atoms with Crippen LogP contribution in [0.4, 0.5) is 0 Å². The number of aromatic nitrogens is 2. The van der Waals surface area contributed by atoms with E-state index in [4.69, 9.17) is 4.74 Å². The Balaban J connectivity index is 2.44. The third-order valence-corrected chi connectivity index (χ3v) is 3.30. The molecule has 114 valence electrons. The van der Waals surface area contributed by atoms with E-state index in [2.05, 4.69) is 29.0 Å². The minimum atomic E-state index is -0.0695. The van der Waals surface area contributed by atoms with E-state index in [-0.39, 0.29) is 5.56 Å². The molecule has 1 N–H and O–H groups in total. The molecule has 0 atom stereocenters. The SMILES string of the molecule is CCN(CC)CCNCCn1c(OC)nc(C)cc1=O. The first-order valence-electron chi connectivity index (χ1n) is 7.17. The van der Waals surface area contributed by atoms with Crippen LogP contribution in [0, 0.1) is 6.92 Å². The second-order valence-corrected chi connectivity index (χ2v) is 4.65. The molecule has 0 bridgehead atoms. The molecule has 0 saturated carbocycles. The largest absolute Gasteiger partial charge is 0.468 e.